The predicted octanol–water partition coefficient (Wildman–Crippen LogP) is 8.00. The normalized spacial score (nSPS) is 15.9. The summed E-state index contributed by atoms with van der Waals surface area (Å²) in [6.07, 6.45) is 1.33. The molecule has 0 unspecified atom stereocenters. The fourth-order valence-electron chi connectivity index (χ4n) is 6.95. The molecule has 2 fully saturated rings. The Morgan fingerprint density at radius 3 is 2.24 bits per heavy atom. The van der Waals surface area contributed by atoms with Crippen LogP contribution in [0.2, 0.25) is 0 Å². The van der Waals surface area contributed by atoms with Crippen molar-refractivity contribution in [1.29, 1.82) is 0 Å². The minimum Gasteiger partial charge on any atom is -0.456 e. The highest BCUT2D eigenvalue weighted by atomic mass is 16.7. The van der Waals surface area contributed by atoms with Gasteiger partial charge >= 0.3 is 5.97 Å². The number of fused-ring (bicyclic) bond motifs is 2. The molecule has 0 atom stereocenters. The van der Waals surface area contributed by atoms with Crippen LogP contribution in [0.15, 0.2) is 131 Å². The zero-order valence-corrected chi connectivity index (χ0v) is 28.0. The van der Waals surface area contributed by atoms with Gasteiger partial charge in [0.15, 0.2) is 0 Å². The first kappa shape index (κ1) is 32.2. The molecule has 2 amide bonds. The van der Waals surface area contributed by atoms with Crippen molar-refractivity contribution in [2.45, 2.75) is 32.2 Å². The molecule has 0 saturated carbocycles. The van der Waals surface area contributed by atoms with Gasteiger partial charge in [-0.25, -0.2) is 9.79 Å². The number of likely N-dealkylation sites (tertiary alicyclic amines) is 1. The van der Waals surface area contributed by atoms with Crippen molar-refractivity contribution in [1.82, 2.24) is 9.96 Å². The van der Waals surface area contributed by atoms with Gasteiger partial charge in [-0.1, -0.05) is 60.7 Å². The summed E-state index contributed by atoms with van der Waals surface area (Å²) in [6.45, 7) is 2.05. The number of anilines is 2. The lowest BCUT2D eigenvalue weighted by Gasteiger charge is -2.31. The number of nitrogens with zero attached hydrogens (tertiary/aromatic N) is 3. The maximum atomic E-state index is 12.8. The highest BCUT2D eigenvalue weighted by Gasteiger charge is 2.36. The largest absolute Gasteiger partial charge is 0.456 e. The monoisotopic (exact) mass is 676 g/mol. The first-order valence-corrected chi connectivity index (χ1v) is 17.3. The van der Waals surface area contributed by atoms with Crippen molar-refractivity contribution in [2.24, 2.45) is 10.9 Å². The molecular formula is C42H36N4O5. The second-order valence-corrected chi connectivity index (χ2v) is 13.0. The van der Waals surface area contributed by atoms with Gasteiger partial charge in [0.25, 0.3) is 11.8 Å². The van der Waals surface area contributed by atoms with Gasteiger partial charge in [0.2, 0.25) is 0 Å². The Bertz CT molecular complexity index is 2260. The number of hydrogen-bond acceptors (Lipinski definition) is 8. The van der Waals surface area contributed by atoms with E-state index in [0.717, 1.165) is 61.4 Å². The zero-order valence-electron chi connectivity index (χ0n) is 28.0. The lowest BCUT2D eigenvalue weighted by atomic mass is 9.90. The van der Waals surface area contributed by atoms with E-state index < -0.39 is 17.8 Å². The van der Waals surface area contributed by atoms with Crippen molar-refractivity contribution in [3.8, 4) is 22.5 Å². The first-order valence-electron chi connectivity index (χ1n) is 17.3. The quantitative estimate of drug-likeness (QED) is 0.129. The van der Waals surface area contributed by atoms with E-state index in [1.54, 1.807) is 0 Å². The number of piperidine rings is 1. The summed E-state index contributed by atoms with van der Waals surface area (Å²) in [7, 11) is 0. The third-order valence-corrected chi connectivity index (χ3v) is 9.57. The zero-order chi connectivity index (χ0) is 34.7. The Hall–Kier alpha value is -6.06. The van der Waals surface area contributed by atoms with E-state index in [-0.39, 0.29) is 18.8 Å². The summed E-state index contributed by atoms with van der Waals surface area (Å²) >= 11 is 0. The Kier molecular flexibility index (Phi) is 8.86. The molecule has 4 aliphatic rings. The van der Waals surface area contributed by atoms with Crippen LogP contribution in [0.1, 0.15) is 31.2 Å². The highest BCUT2D eigenvalue weighted by molar-refractivity contribution is 6.03. The van der Waals surface area contributed by atoms with E-state index in [0.29, 0.717) is 37.5 Å². The Morgan fingerprint density at radius 1 is 0.765 bits per heavy atom. The number of benzene rings is 5. The minimum atomic E-state index is -0.510. The molecular weight excluding hydrogens is 640 g/mol. The standard InChI is InChI=1S/C42H36N4O5/c47-39-19-20-40(48)46(39)51-42(49)28-21-23-45(24-22-28)27-29-9-7-8-14-34(29)41-35-17-15-32(43-30-10-3-1-4-11-30)25-37(35)50-38-26-33(16-18-36(38)41)44-31-12-5-2-6-13-31/h1-18,25-26,28,43H,19-24,27H2. The summed E-state index contributed by atoms with van der Waals surface area (Å²) in [6, 6.07) is 40.7. The van der Waals surface area contributed by atoms with Crippen LogP contribution in [0.3, 0.4) is 0 Å². The van der Waals surface area contributed by atoms with Crippen LogP contribution in [-0.2, 0) is 25.8 Å². The van der Waals surface area contributed by atoms with E-state index >= 15 is 0 Å². The molecule has 3 heterocycles. The number of hydroxylamine groups is 2. The number of imide groups is 1. The third-order valence-electron chi connectivity index (χ3n) is 9.57. The molecule has 1 N–H and O–H groups in total. The van der Waals surface area contributed by atoms with Crippen molar-refractivity contribution in [3.63, 3.8) is 0 Å². The number of nitrogens with one attached hydrogen (secondary N) is 1. The van der Waals surface area contributed by atoms with E-state index in [2.05, 4.69) is 52.7 Å². The van der Waals surface area contributed by atoms with Crippen molar-refractivity contribution in [2.75, 3.05) is 18.4 Å². The Balaban J connectivity index is 1.12. The molecule has 8 rings (SSSR count). The second-order valence-electron chi connectivity index (χ2n) is 13.0. The number of hydrogen-bond donors (Lipinski definition) is 1. The number of carbonyl (C=O) groups is 3. The highest BCUT2D eigenvalue weighted by Crippen LogP contribution is 2.42. The van der Waals surface area contributed by atoms with Gasteiger partial charge in [-0.3, -0.25) is 14.5 Å². The van der Waals surface area contributed by atoms with Crippen molar-refractivity contribution < 1.29 is 23.6 Å². The molecule has 0 aromatic heterocycles. The van der Waals surface area contributed by atoms with Gasteiger partial charge in [-0.2, -0.15) is 0 Å². The molecule has 51 heavy (non-hydrogen) atoms. The van der Waals surface area contributed by atoms with E-state index in [1.807, 2.05) is 78.9 Å². The summed E-state index contributed by atoms with van der Waals surface area (Å²) in [5.41, 5.74) is 7.85. The number of carbonyl (C=O) groups excluding carboxylic acids is 3. The topological polar surface area (TPSA) is 104 Å². The van der Waals surface area contributed by atoms with Crippen LogP contribution < -0.4 is 10.7 Å². The maximum Gasteiger partial charge on any atom is 0.336 e. The Morgan fingerprint density at radius 2 is 1.47 bits per heavy atom. The number of para-hydroxylation sites is 2. The van der Waals surface area contributed by atoms with Gasteiger partial charge in [0.1, 0.15) is 11.3 Å². The summed E-state index contributed by atoms with van der Waals surface area (Å²) in [4.78, 5) is 49.2. The van der Waals surface area contributed by atoms with Crippen LogP contribution in [0.25, 0.3) is 33.4 Å². The SMILES string of the molecule is O=C(ON1C(=O)CCC1=O)C1CCN(Cc2ccccc2-c2c3ccc(=Nc4ccccc4)cc-3oc3cc(Nc4ccccc4)ccc23)CC1. The molecule has 9 heteroatoms. The van der Waals surface area contributed by atoms with Crippen LogP contribution in [0.4, 0.5) is 17.1 Å². The summed E-state index contributed by atoms with van der Waals surface area (Å²) in [5.74, 6) is -1.06. The maximum absolute atomic E-state index is 12.8. The second kappa shape index (κ2) is 14.0. The average Bonchev–Trinajstić information content (AvgIpc) is 3.47. The van der Waals surface area contributed by atoms with Gasteiger partial charge in [-0.15, -0.1) is 5.06 Å². The first-order chi connectivity index (χ1) is 25.0. The third kappa shape index (κ3) is 6.89. The van der Waals surface area contributed by atoms with Gasteiger partial charge < -0.3 is 14.6 Å². The smallest absolute Gasteiger partial charge is 0.336 e. The fraction of sp³-hybridized carbons (Fsp3) is 0.190. The lowest BCUT2D eigenvalue weighted by molar-refractivity contribution is -0.201. The molecule has 3 aliphatic heterocycles. The molecule has 0 spiro atoms. The Labute approximate surface area is 295 Å². The van der Waals surface area contributed by atoms with Crippen molar-refractivity contribution in [3.05, 3.63) is 132 Å². The fourth-order valence-corrected chi connectivity index (χ4v) is 6.95. The summed E-state index contributed by atoms with van der Waals surface area (Å²) in [5, 5.41) is 5.93. The van der Waals surface area contributed by atoms with E-state index in [1.165, 1.54) is 0 Å². The average molecular weight is 677 g/mol. The number of amides is 2. The van der Waals surface area contributed by atoms with Crippen LogP contribution in [0.5, 0.6) is 0 Å². The molecule has 4 aromatic rings. The molecule has 9 nitrogen and oxygen atoms in total. The molecule has 0 bridgehead atoms. The van der Waals surface area contributed by atoms with Crippen LogP contribution >= 0.6 is 0 Å². The predicted molar refractivity (Wildman–Crippen MR) is 195 cm³/mol. The van der Waals surface area contributed by atoms with Gasteiger partial charge in [-0.05, 0) is 85.6 Å². The van der Waals surface area contributed by atoms with Crippen LogP contribution in [0, 0.1) is 5.92 Å². The molecule has 1 aliphatic carbocycles. The minimum absolute atomic E-state index is 0.0833. The van der Waals surface area contributed by atoms with Crippen LogP contribution in [-0.4, -0.2) is 40.8 Å². The van der Waals surface area contributed by atoms with Gasteiger partial charge in [0, 0.05) is 59.4 Å². The van der Waals surface area contributed by atoms with Crippen molar-refractivity contribution >= 4 is 45.8 Å². The van der Waals surface area contributed by atoms with Gasteiger partial charge in [0.05, 0.1) is 17.0 Å². The molecule has 4 aromatic carbocycles. The molecule has 2 saturated heterocycles. The molecule has 254 valence electrons. The number of rotatable bonds is 8. The van der Waals surface area contributed by atoms with E-state index in [9.17, 15) is 14.4 Å². The van der Waals surface area contributed by atoms with E-state index in [4.69, 9.17) is 14.2 Å². The summed E-state index contributed by atoms with van der Waals surface area (Å²) < 4.78 is 6.65. The lowest BCUT2D eigenvalue weighted by Crippen LogP contribution is -2.40. The molecule has 0 radical (unpaired) electrons.